The number of pyridine rings is 1. The van der Waals surface area contributed by atoms with Gasteiger partial charge in [0.15, 0.2) is 0 Å². The summed E-state index contributed by atoms with van der Waals surface area (Å²) in [5.41, 5.74) is 8.80. The van der Waals surface area contributed by atoms with Crippen molar-refractivity contribution in [2.24, 2.45) is 11.1 Å². The summed E-state index contributed by atoms with van der Waals surface area (Å²) in [6.07, 6.45) is 5.04. The van der Waals surface area contributed by atoms with E-state index in [9.17, 15) is 0 Å². The summed E-state index contributed by atoms with van der Waals surface area (Å²) >= 11 is 0. The highest BCUT2D eigenvalue weighted by Gasteiger charge is 2.32. The summed E-state index contributed by atoms with van der Waals surface area (Å²) in [6.45, 7) is 8.49. The van der Waals surface area contributed by atoms with Gasteiger partial charge in [0.1, 0.15) is 0 Å². The first kappa shape index (κ1) is 14.4. The first-order valence-electron chi connectivity index (χ1n) is 5.95. The van der Waals surface area contributed by atoms with Gasteiger partial charge in [0.2, 0.25) is 0 Å². The molecule has 1 aromatic heterocycles. The van der Waals surface area contributed by atoms with E-state index in [-0.39, 0.29) is 12.4 Å². The maximum absolute atomic E-state index is 5.81. The number of halogens is 1. The third-order valence-electron chi connectivity index (χ3n) is 3.67. The zero-order chi connectivity index (χ0) is 11.6. The van der Waals surface area contributed by atoms with Crippen LogP contribution in [0, 0.1) is 12.3 Å². The molecule has 0 radical (unpaired) electrons. The second-order valence-corrected chi connectivity index (χ2v) is 5.28. The maximum atomic E-state index is 5.81. The highest BCUT2D eigenvalue weighted by molar-refractivity contribution is 5.85. The molecule has 0 saturated carbocycles. The van der Waals surface area contributed by atoms with Crippen molar-refractivity contribution in [2.45, 2.75) is 26.8 Å². The Labute approximate surface area is 110 Å². The molecule has 4 heteroatoms. The van der Waals surface area contributed by atoms with E-state index in [1.807, 2.05) is 12.4 Å². The molecule has 17 heavy (non-hydrogen) atoms. The molecule has 0 bridgehead atoms. The smallest absolute Gasteiger partial charge is 0.0315 e. The summed E-state index contributed by atoms with van der Waals surface area (Å²) in [6, 6.07) is 2.08. The maximum Gasteiger partial charge on any atom is 0.0315 e. The molecule has 0 amide bonds. The van der Waals surface area contributed by atoms with Gasteiger partial charge in [-0.15, -0.1) is 12.4 Å². The zero-order valence-corrected chi connectivity index (χ0v) is 11.5. The molecule has 2 heterocycles. The SMILES string of the molecule is Cc1ccncc1CN1CCC(C)(CN)C1.Cl. The highest BCUT2D eigenvalue weighted by atomic mass is 35.5. The summed E-state index contributed by atoms with van der Waals surface area (Å²) in [4.78, 5) is 6.68. The number of aryl methyl sites for hydroxylation is 1. The Bertz CT molecular complexity index is 369. The number of hydrogen-bond donors (Lipinski definition) is 1. The van der Waals surface area contributed by atoms with Crippen LogP contribution >= 0.6 is 12.4 Å². The number of likely N-dealkylation sites (tertiary alicyclic amines) is 1. The standard InChI is InChI=1S/C13H21N3.ClH/c1-11-3-5-15-7-12(11)8-16-6-4-13(2,9-14)10-16;/h3,5,7H,4,6,8-10,14H2,1-2H3;1H. The second kappa shape index (κ2) is 5.80. The minimum absolute atomic E-state index is 0. The summed E-state index contributed by atoms with van der Waals surface area (Å²) in [7, 11) is 0. The Kier molecular flexibility index (Phi) is 4.92. The largest absolute Gasteiger partial charge is 0.330 e. The summed E-state index contributed by atoms with van der Waals surface area (Å²) < 4.78 is 0. The van der Waals surface area contributed by atoms with E-state index in [1.54, 1.807) is 0 Å². The van der Waals surface area contributed by atoms with Crippen molar-refractivity contribution in [3.05, 3.63) is 29.6 Å². The average molecular weight is 256 g/mol. The van der Waals surface area contributed by atoms with Crippen LogP contribution in [0.25, 0.3) is 0 Å². The minimum atomic E-state index is 0. The Hall–Kier alpha value is -0.640. The fraction of sp³-hybridized carbons (Fsp3) is 0.615. The number of aromatic nitrogens is 1. The molecule has 2 N–H and O–H groups in total. The molecule has 1 unspecified atom stereocenters. The van der Waals surface area contributed by atoms with E-state index >= 15 is 0 Å². The van der Waals surface area contributed by atoms with Gasteiger partial charge in [-0.2, -0.15) is 0 Å². The van der Waals surface area contributed by atoms with Crippen molar-refractivity contribution in [1.29, 1.82) is 0 Å². The van der Waals surface area contributed by atoms with Gasteiger partial charge in [0.05, 0.1) is 0 Å². The lowest BCUT2D eigenvalue weighted by molar-refractivity contribution is 0.274. The second-order valence-electron chi connectivity index (χ2n) is 5.28. The van der Waals surface area contributed by atoms with Crippen molar-refractivity contribution in [1.82, 2.24) is 9.88 Å². The van der Waals surface area contributed by atoms with E-state index in [1.165, 1.54) is 17.5 Å². The van der Waals surface area contributed by atoms with Gasteiger partial charge in [-0.05, 0) is 49.0 Å². The fourth-order valence-corrected chi connectivity index (χ4v) is 2.33. The van der Waals surface area contributed by atoms with Crippen molar-refractivity contribution in [2.75, 3.05) is 19.6 Å². The number of nitrogens with two attached hydrogens (primary N) is 1. The van der Waals surface area contributed by atoms with Crippen molar-refractivity contribution in [3.8, 4) is 0 Å². The van der Waals surface area contributed by atoms with Gasteiger partial charge in [0, 0.05) is 25.5 Å². The molecule has 0 spiro atoms. The minimum Gasteiger partial charge on any atom is -0.330 e. The van der Waals surface area contributed by atoms with Crippen LogP contribution in [0.3, 0.4) is 0 Å². The highest BCUT2D eigenvalue weighted by Crippen LogP contribution is 2.29. The molecular formula is C13H22ClN3. The zero-order valence-electron chi connectivity index (χ0n) is 10.6. The molecular weight excluding hydrogens is 234 g/mol. The lowest BCUT2D eigenvalue weighted by Gasteiger charge is -2.22. The van der Waals surface area contributed by atoms with Crippen LogP contribution < -0.4 is 5.73 Å². The Morgan fingerprint density at radius 2 is 2.29 bits per heavy atom. The molecule has 0 aliphatic carbocycles. The third kappa shape index (κ3) is 3.41. The lowest BCUT2D eigenvalue weighted by atomic mass is 9.90. The Balaban J connectivity index is 0.00000144. The van der Waals surface area contributed by atoms with Crippen LogP contribution in [0.1, 0.15) is 24.5 Å². The Morgan fingerprint density at radius 3 is 2.88 bits per heavy atom. The quantitative estimate of drug-likeness (QED) is 0.898. The van der Waals surface area contributed by atoms with Gasteiger partial charge in [-0.1, -0.05) is 6.92 Å². The van der Waals surface area contributed by atoms with Crippen LogP contribution in [0.2, 0.25) is 0 Å². The first-order valence-corrected chi connectivity index (χ1v) is 5.95. The lowest BCUT2D eigenvalue weighted by Crippen LogP contribution is -2.31. The molecule has 1 aromatic rings. The molecule has 0 aromatic carbocycles. The summed E-state index contributed by atoms with van der Waals surface area (Å²) in [5, 5.41) is 0. The van der Waals surface area contributed by atoms with Gasteiger partial charge in [-0.25, -0.2) is 0 Å². The number of hydrogen-bond acceptors (Lipinski definition) is 3. The van der Waals surface area contributed by atoms with E-state index in [2.05, 4.69) is 29.8 Å². The van der Waals surface area contributed by atoms with E-state index in [0.29, 0.717) is 5.41 Å². The van der Waals surface area contributed by atoms with Gasteiger partial charge in [-0.3, -0.25) is 9.88 Å². The molecule has 1 fully saturated rings. The molecule has 2 rings (SSSR count). The van der Waals surface area contributed by atoms with Crippen molar-refractivity contribution < 1.29 is 0 Å². The molecule has 3 nitrogen and oxygen atoms in total. The predicted molar refractivity (Wildman–Crippen MR) is 73.3 cm³/mol. The van der Waals surface area contributed by atoms with E-state index in [4.69, 9.17) is 5.73 Å². The van der Waals surface area contributed by atoms with E-state index in [0.717, 1.165) is 26.2 Å². The molecule has 1 atom stereocenters. The fourth-order valence-electron chi connectivity index (χ4n) is 2.33. The van der Waals surface area contributed by atoms with Crippen LogP contribution in [-0.4, -0.2) is 29.5 Å². The molecule has 1 saturated heterocycles. The predicted octanol–water partition coefficient (Wildman–Crippen LogP) is 1.98. The van der Waals surface area contributed by atoms with Crippen molar-refractivity contribution in [3.63, 3.8) is 0 Å². The van der Waals surface area contributed by atoms with Crippen LogP contribution in [0.4, 0.5) is 0 Å². The Morgan fingerprint density at radius 1 is 1.53 bits per heavy atom. The summed E-state index contributed by atoms with van der Waals surface area (Å²) in [5.74, 6) is 0. The van der Waals surface area contributed by atoms with Gasteiger partial charge in [0.25, 0.3) is 0 Å². The van der Waals surface area contributed by atoms with E-state index < -0.39 is 0 Å². The van der Waals surface area contributed by atoms with Crippen molar-refractivity contribution >= 4 is 12.4 Å². The molecule has 1 aliphatic heterocycles. The number of rotatable bonds is 3. The first-order chi connectivity index (χ1) is 7.63. The normalized spacial score (nSPS) is 24.6. The van der Waals surface area contributed by atoms with Gasteiger partial charge < -0.3 is 5.73 Å². The number of nitrogens with zero attached hydrogens (tertiary/aromatic N) is 2. The van der Waals surface area contributed by atoms with Crippen LogP contribution in [-0.2, 0) is 6.54 Å². The van der Waals surface area contributed by atoms with Crippen LogP contribution in [0.15, 0.2) is 18.5 Å². The molecule has 96 valence electrons. The van der Waals surface area contributed by atoms with Gasteiger partial charge >= 0.3 is 0 Å². The third-order valence-corrected chi connectivity index (χ3v) is 3.67. The topological polar surface area (TPSA) is 42.2 Å². The average Bonchev–Trinajstić information content (AvgIpc) is 2.65. The van der Waals surface area contributed by atoms with Crippen LogP contribution in [0.5, 0.6) is 0 Å². The monoisotopic (exact) mass is 255 g/mol. The molecule has 1 aliphatic rings.